The first-order valence-electron chi connectivity index (χ1n) is 7.99. The normalized spacial score (nSPS) is 23.0. The first-order valence-corrected chi connectivity index (χ1v) is 7.99. The summed E-state index contributed by atoms with van der Waals surface area (Å²) in [6, 6.07) is 0. The van der Waals surface area contributed by atoms with Gasteiger partial charge in [0.25, 0.3) is 5.91 Å². The highest BCUT2D eigenvalue weighted by atomic mass is 16.5. The lowest BCUT2D eigenvalue weighted by Gasteiger charge is -2.16. The first-order chi connectivity index (χ1) is 10.7. The third kappa shape index (κ3) is 3.78. The summed E-state index contributed by atoms with van der Waals surface area (Å²) in [7, 11) is 1.71. The third-order valence-corrected chi connectivity index (χ3v) is 4.17. The smallest absolute Gasteiger partial charge is 0.268 e. The van der Waals surface area contributed by atoms with E-state index < -0.39 is 0 Å². The lowest BCUT2D eigenvalue weighted by atomic mass is 10.0. The largest absolute Gasteiger partial charge is 0.493 e. The van der Waals surface area contributed by atoms with E-state index in [0.29, 0.717) is 28.8 Å². The number of nitrogens with one attached hydrogen (secondary N) is 3. The van der Waals surface area contributed by atoms with Crippen LogP contribution in [0.1, 0.15) is 25.7 Å². The van der Waals surface area contributed by atoms with Gasteiger partial charge in [0.15, 0.2) is 0 Å². The van der Waals surface area contributed by atoms with Gasteiger partial charge in [-0.1, -0.05) is 0 Å². The van der Waals surface area contributed by atoms with E-state index in [0.717, 1.165) is 18.9 Å². The molecule has 3 N–H and O–H groups in total. The van der Waals surface area contributed by atoms with Crippen LogP contribution < -0.4 is 10.6 Å². The molecule has 0 radical (unpaired) electrons. The van der Waals surface area contributed by atoms with Crippen molar-refractivity contribution in [3.63, 3.8) is 0 Å². The predicted molar refractivity (Wildman–Crippen MR) is 85.4 cm³/mol. The van der Waals surface area contributed by atoms with Crippen molar-refractivity contribution in [1.82, 2.24) is 10.6 Å². The molecule has 0 aromatic carbocycles. The molecule has 5 heteroatoms. The Morgan fingerprint density at radius 1 is 1.27 bits per heavy atom. The SMILES string of the molecule is CN/C(C(=O)NCC1CC1)=C1/C=C(OCC2CC2)C=CC1=N. The molecule has 0 atom stereocenters. The number of carbonyl (C=O) groups is 1. The van der Waals surface area contributed by atoms with Gasteiger partial charge in [-0.2, -0.15) is 0 Å². The molecule has 0 saturated heterocycles. The summed E-state index contributed by atoms with van der Waals surface area (Å²) in [4.78, 5) is 12.3. The summed E-state index contributed by atoms with van der Waals surface area (Å²) in [6.45, 7) is 1.44. The van der Waals surface area contributed by atoms with Crippen LogP contribution in [0, 0.1) is 17.2 Å². The molecule has 0 bridgehead atoms. The van der Waals surface area contributed by atoms with Gasteiger partial charge in [0, 0.05) is 19.2 Å². The van der Waals surface area contributed by atoms with E-state index in [9.17, 15) is 4.79 Å². The van der Waals surface area contributed by atoms with Crippen molar-refractivity contribution in [3.05, 3.63) is 35.3 Å². The van der Waals surface area contributed by atoms with E-state index in [-0.39, 0.29) is 5.91 Å². The molecule has 5 nitrogen and oxygen atoms in total. The molecule has 0 aromatic heterocycles. The number of allylic oxidation sites excluding steroid dienone is 4. The highest BCUT2D eigenvalue weighted by Crippen LogP contribution is 2.30. The number of rotatable bonds is 7. The molecule has 0 aliphatic heterocycles. The fourth-order valence-electron chi connectivity index (χ4n) is 2.34. The molecular formula is C17H23N3O2. The molecule has 2 saturated carbocycles. The van der Waals surface area contributed by atoms with Gasteiger partial charge in [-0.3, -0.25) is 4.79 Å². The van der Waals surface area contributed by atoms with Crippen molar-refractivity contribution in [2.45, 2.75) is 25.7 Å². The topological polar surface area (TPSA) is 74.2 Å². The van der Waals surface area contributed by atoms with Crippen LogP contribution in [-0.2, 0) is 9.53 Å². The van der Waals surface area contributed by atoms with Gasteiger partial charge in [-0.25, -0.2) is 0 Å². The number of likely N-dealkylation sites (N-methyl/N-ethyl adjacent to an activating group) is 1. The number of carbonyl (C=O) groups excluding carboxylic acids is 1. The second-order valence-corrected chi connectivity index (χ2v) is 6.24. The Morgan fingerprint density at radius 3 is 2.64 bits per heavy atom. The predicted octanol–water partition coefficient (Wildman–Crippen LogP) is 1.89. The van der Waals surface area contributed by atoms with Crippen LogP contribution >= 0.6 is 0 Å². The minimum absolute atomic E-state index is 0.151. The minimum atomic E-state index is -0.151. The maximum Gasteiger partial charge on any atom is 0.268 e. The maximum atomic E-state index is 12.3. The lowest BCUT2D eigenvalue weighted by Crippen LogP contribution is -2.33. The van der Waals surface area contributed by atoms with Crippen LogP contribution in [-0.4, -0.2) is 31.8 Å². The van der Waals surface area contributed by atoms with E-state index in [2.05, 4.69) is 10.6 Å². The molecule has 3 aliphatic rings. The standard InChI is InChI=1S/C17H23N3O2/c1-19-16(17(21)20-9-11-2-3-11)14-8-13(6-7-15(14)18)22-10-12-4-5-12/h6-8,11-12,18-19H,2-5,9-10H2,1H3,(H,20,21)/b16-14-,18-15?. The monoisotopic (exact) mass is 301 g/mol. The van der Waals surface area contributed by atoms with Gasteiger partial charge >= 0.3 is 0 Å². The van der Waals surface area contributed by atoms with Crippen LogP contribution in [0.2, 0.25) is 0 Å². The van der Waals surface area contributed by atoms with Crippen LogP contribution in [0.25, 0.3) is 0 Å². The average molecular weight is 301 g/mol. The Morgan fingerprint density at radius 2 is 2.00 bits per heavy atom. The van der Waals surface area contributed by atoms with E-state index in [4.69, 9.17) is 10.1 Å². The van der Waals surface area contributed by atoms with Gasteiger partial charge in [0.05, 0.1) is 12.3 Å². The maximum absolute atomic E-state index is 12.3. The Hall–Kier alpha value is -2.04. The van der Waals surface area contributed by atoms with Crippen LogP contribution in [0.5, 0.6) is 0 Å². The highest BCUT2D eigenvalue weighted by molar-refractivity contribution is 6.14. The molecule has 0 unspecified atom stereocenters. The average Bonchev–Trinajstić information content (AvgIpc) is 3.39. The Bertz CT molecular complexity index is 566. The van der Waals surface area contributed by atoms with Crippen LogP contribution in [0.4, 0.5) is 0 Å². The van der Waals surface area contributed by atoms with E-state index >= 15 is 0 Å². The second-order valence-electron chi connectivity index (χ2n) is 6.24. The van der Waals surface area contributed by atoms with Crippen molar-refractivity contribution in [3.8, 4) is 0 Å². The quantitative estimate of drug-likeness (QED) is 0.629. The molecule has 0 heterocycles. The zero-order chi connectivity index (χ0) is 15.5. The molecule has 0 aromatic rings. The van der Waals surface area contributed by atoms with Crippen LogP contribution in [0.15, 0.2) is 35.3 Å². The van der Waals surface area contributed by atoms with Crippen molar-refractivity contribution >= 4 is 11.6 Å². The van der Waals surface area contributed by atoms with Gasteiger partial charge < -0.3 is 20.8 Å². The number of hydrogen-bond donors (Lipinski definition) is 3. The summed E-state index contributed by atoms with van der Waals surface area (Å²) >= 11 is 0. The Kier molecular flexibility index (Phi) is 4.32. The summed E-state index contributed by atoms with van der Waals surface area (Å²) in [5.41, 5.74) is 1.34. The van der Waals surface area contributed by atoms with Gasteiger partial charge in [0.1, 0.15) is 11.5 Å². The Balaban J connectivity index is 1.71. The van der Waals surface area contributed by atoms with Gasteiger partial charge in [0.2, 0.25) is 0 Å². The van der Waals surface area contributed by atoms with E-state index in [1.165, 1.54) is 25.7 Å². The molecule has 1 amide bonds. The molecule has 3 aliphatic carbocycles. The molecule has 22 heavy (non-hydrogen) atoms. The lowest BCUT2D eigenvalue weighted by molar-refractivity contribution is -0.117. The van der Waals surface area contributed by atoms with Crippen molar-refractivity contribution in [2.75, 3.05) is 20.2 Å². The summed E-state index contributed by atoms with van der Waals surface area (Å²) in [6.07, 6.45) is 10.1. The van der Waals surface area contributed by atoms with Crippen molar-refractivity contribution in [1.29, 1.82) is 5.41 Å². The van der Waals surface area contributed by atoms with Crippen LogP contribution in [0.3, 0.4) is 0 Å². The molecule has 2 fully saturated rings. The highest BCUT2D eigenvalue weighted by Gasteiger charge is 2.25. The van der Waals surface area contributed by atoms with Crippen molar-refractivity contribution in [2.24, 2.45) is 11.8 Å². The van der Waals surface area contributed by atoms with Crippen molar-refractivity contribution < 1.29 is 9.53 Å². The second kappa shape index (κ2) is 6.38. The summed E-state index contributed by atoms with van der Waals surface area (Å²) < 4.78 is 5.75. The fraction of sp³-hybridized carbons (Fsp3) is 0.529. The minimum Gasteiger partial charge on any atom is -0.493 e. The van der Waals surface area contributed by atoms with E-state index in [1.54, 1.807) is 25.3 Å². The molecule has 118 valence electrons. The van der Waals surface area contributed by atoms with Gasteiger partial charge in [-0.05, 0) is 55.7 Å². The molecular weight excluding hydrogens is 278 g/mol. The number of hydrogen-bond acceptors (Lipinski definition) is 4. The summed E-state index contributed by atoms with van der Waals surface area (Å²) in [5, 5.41) is 13.9. The third-order valence-electron chi connectivity index (χ3n) is 4.17. The van der Waals surface area contributed by atoms with Gasteiger partial charge in [-0.15, -0.1) is 0 Å². The number of amides is 1. The fourth-order valence-corrected chi connectivity index (χ4v) is 2.34. The zero-order valence-electron chi connectivity index (χ0n) is 12.9. The Labute approximate surface area is 131 Å². The zero-order valence-corrected chi connectivity index (χ0v) is 12.9. The molecule has 0 spiro atoms. The summed E-state index contributed by atoms with van der Waals surface area (Å²) in [5.74, 6) is 1.88. The number of ether oxygens (including phenoxy) is 1. The van der Waals surface area contributed by atoms with E-state index in [1.807, 2.05) is 0 Å². The molecule has 3 rings (SSSR count). The first kappa shape index (κ1) is 14.9.